The zero-order valence-electron chi connectivity index (χ0n) is 11.1. The van der Waals surface area contributed by atoms with Crippen molar-refractivity contribution >= 4 is 10.0 Å². The van der Waals surface area contributed by atoms with Gasteiger partial charge in [0.15, 0.2) is 5.03 Å². The van der Waals surface area contributed by atoms with E-state index < -0.39 is 10.0 Å². The van der Waals surface area contributed by atoms with E-state index in [2.05, 4.69) is 20.2 Å². The Hall–Kier alpha value is -0.920. The maximum absolute atomic E-state index is 12.3. The third-order valence-electron chi connectivity index (χ3n) is 4.26. The van der Waals surface area contributed by atoms with Crippen LogP contribution >= 0.6 is 0 Å². The Morgan fingerprint density at radius 1 is 1.47 bits per heavy atom. The van der Waals surface area contributed by atoms with Gasteiger partial charge in [-0.05, 0) is 44.1 Å². The Kier molecular flexibility index (Phi) is 3.15. The molecule has 6 nitrogen and oxygen atoms in total. The van der Waals surface area contributed by atoms with E-state index >= 15 is 0 Å². The molecule has 19 heavy (non-hydrogen) atoms. The molecule has 0 spiro atoms. The number of aromatic amines is 1. The number of H-pyrrole nitrogens is 1. The van der Waals surface area contributed by atoms with Gasteiger partial charge in [0.1, 0.15) is 0 Å². The lowest BCUT2D eigenvalue weighted by Crippen LogP contribution is -2.32. The lowest BCUT2D eigenvalue weighted by molar-refractivity contribution is 0.431. The minimum absolute atomic E-state index is 0.188. The number of aromatic nitrogens is 2. The van der Waals surface area contributed by atoms with E-state index in [1.54, 1.807) is 13.2 Å². The van der Waals surface area contributed by atoms with Crippen LogP contribution in [0.25, 0.3) is 0 Å². The number of nitrogens with one attached hydrogen (secondary N) is 3. The normalized spacial score (nSPS) is 21.5. The topological polar surface area (TPSA) is 86.9 Å². The average Bonchev–Trinajstić information content (AvgIpc) is 3.26. The number of hydrogen-bond donors (Lipinski definition) is 3. The van der Waals surface area contributed by atoms with Gasteiger partial charge in [-0.25, -0.2) is 13.1 Å². The van der Waals surface area contributed by atoms with Gasteiger partial charge < -0.3 is 5.32 Å². The van der Waals surface area contributed by atoms with Crippen LogP contribution in [0.15, 0.2) is 11.2 Å². The van der Waals surface area contributed by atoms with Gasteiger partial charge in [0, 0.05) is 18.7 Å². The Morgan fingerprint density at radius 3 is 2.79 bits per heavy atom. The van der Waals surface area contributed by atoms with Crippen LogP contribution in [0.3, 0.4) is 0 Å². The molecule has 7 heteroatoms. The molecule has 2 aliphatic rings. The molecule has 2 saturated carbocycles. The molecule has 0 atom stereocenters. The van der Waals surface area contributed by atoms with Crippen LogP contribution in [0.5, 0.6) is 0 Å². The lowest BCUT2D eigenvalue weighted by Gasteiger charge is -2.15. The summed E-state index contributed by atoms with van der Waals surface area (Å²) < 4.78 is 27.4. The predicted molar refractivity (Wildman–Crippen MR) is 70.9 cm³/mol. The Balaban J connectivity index is 1.70. The summed E-state index contributed by atoms with van der Waals surface area (Å²) in [7, 11) is -1.70. The summed E-state index contributed by atoms with van der Waals surface area (Å²) >= 11 is 0. The average molecular weight is 284 g/mol. The highest BCUT2D eigenvalue weighted by atomic mass is 32.2. The highest BCUT2D eigenvalue weighted by Gasteiger charge is 2.53. The van der Waals surface area contributed by atoms with Crippen LogP contribution < -0.4 is 10.0 Å². The highest BCUT2D eigenvalue weighted by molar-refractivity contribution is 7.89. The van der Waals surface area contributed by atoms with Gasteiger partial charge in [-0.15, -0.1) is 0 Å². The summed E-state index contributed by atoms with van der Waals surface area (Å²) in [4.78, 5) is 0. The first-order chi connectivity index (χ1) is 9.07. The fourth-order valence-electron chi connectivity index (χ4n) is 2.74. The van der Waals surface area contributed by atoms with Gasteiger partial charge >= 0.3 is 0 Å². The van der Waals surface area contributed by atoms with Crippen molar-refractivity contribution in [3.05, 3.63) is 11.8 Å². The predicted octanol–water partition coefficient (Wildman–Crippen LogP) is 0.598. The monoisotopic (exact) mass is 284 g/mol. The minimum Gasteiger partial charge on any atom is -0.316 e. The third-order valence-corrected chi connectivity index (χ3v) is 5.68. The van der Waals surface area contributed by atoms with Gasteiger partial charge in [0.05, 0.1) is 6.20 Å². The number of rotatable bonds is 7. The van der Waals surface area contributed by atoms with Crippen molar-refractivity contribution < 1.29 is 8.42 Å². The van der Waals surface area contributed by atoms with E-state index in [4.69, 9.17) is 0 Å². The van der Waals surface area contributed by atoms with E-state index in [-0.39, 0.29) is 10.4 Å². The Morgan fingerprint density at radius 2 is 2.21 bits per heavy atom. The summed E-state index contributed by atoms with van der Waals surface area (Å²) in [5.41, 5.74) is 0.933. The maximum Gasteiger partial charge on any atom is 0.257 e. The van der Waals surface area contributed by atoms with Crippen LogP contribution in [0.4, 0.5) is 0 Å². The van der Waals surface area contributed by atoms with Crippen molar-refractivity contribution in [2.45, 2.75) is 37.3 Å². The Bertz CT molecular complexity index is 558. The van der Waals surface area contributed by atoms with Crippen molar-refractivity contribution in [2.24, 2.45) is 11.3 Å². The second-order valence-corrected chi connectivity index (χ2v) is 7.42. The van der Waals surface area contributed by atoms with Crippen molar-refractivity contribution in [3.63, 3.8) is 0 Å². The number of hydrogen-bond acceptors (Lipinski definition) is 4. The van der Waals surface area contributed by atoms with Crippen molar-refractivity contribution in [2.75, 3.05) is 13.6 Å². The largest absolute Gasteiger partial charge is 0.316 e. The number of sulfonamides is 1. The zero-order valence-corrected chi connectivity index (χ0v) is 11.9. The molecule has 0 aliphatic heterocycles. The van der Waals surface area contributed by atoms with Crippen LogP contribution in [0.2, 0.25) is 0 Å². The quantitative estimate of drug-likeness (QED) is 0.684. The first kappa shape index (κ1) is 13.1. The van der Waals surface area contributed by atoms with Gasteiger partial charge in [-0.3, -0.25) is 5.10 Å². The molecule has 0 aromatic carbocycles. The van der Waals surface area contributed by atoms with Crippen LogP contribution in [-0.2, 0) is 16.6 Å². The minimum atomic E-state index is -3.48. The van der Waals surface area contributed by atoms with Gasteiger partial charge in [-0.2, -0.15) is 5.10 Å². The lowest BCUT2D eigenvalue weighted by atomic mass is 10.0. The van der Waals surface area contributed by atoms with Crippen molar-refractivity contribution in [1.82, 2.24) is 20.2 Å². The molecule has 106 valence electrons. The summed E-state index contributed by atoms with van der Waals surface area (Å²) in [5, 5.41) is 9.55. The summed E-state index contributed by atoms with van der Waals surface area (Å²) in [6.07, 6.45) is 6.39. The molecule has 3 rings (SSSR count). The summed E-state index contributed by atoms with van der Waals surface area (Å²) in [6.45, 7) is 1.05. The first-order valence-corrected chi connectivity index (χ1v) is 8.22. The van der Waals surface area contributed by atoms with Crippen LogP contribution in [-0.4, -0.2) is 32.2 Å². The van der Waals surface area contributed by atoms with E-state index in [0.717, 1.165) is 18.8 Å². The molecule has 1 heterocycles. The fraction of sp³-hybridized carbons (Fsp3) is 0.750. The van der Waals surface area contributed by atoms with Gasteiger partial charge in [0.25, 0.3) is 10.0 Å². The maximum atomic E-state index is 12.3. The van der Waals surface area contributed by atoms with Gasteiger partial charge in [-0.1, -0.05) is 0 Å². The Labute approximate surface area is 113 Å². The van der Waals surface area contributed by atoms with Crippen molar-refractivity contribution in [1.29, 1.82) is 0 Å². The fourth-order valence-corrected chi connectivity index (χ4v) is 4.01. The van der Waals surface area contributed by atoms with E-state index in [0.29, 0.717) is 18.7 Å². The van der Waals surface area contributed by atoms with Crippen molar-refractivity contribution in [3.8, 4) is 0 Å². The molecule has 1 aromatic heterocycles. The van der Waals surface area contributed by atoms with E-state index in [1.807, 2.05) is 0 Å². The molecule has 0 radical (unpaired) electrons. The second kappa shape index (κ2) is 4.57. The zero-order chi connectivity index (χ0) is 13.5. The van der Waals surface area contributed by atoms with E-state index in [1.165, 1.54) is 12.8 Å². The summed E-state index contributed by atoms with van der Waals surface area (Å²) in [6, 6.07) is 0. The van der Waals surface area contributed by atoms with Crippen LogP contribution in [0, 0.1) is 11.3 Å². The smallest absolute Gasteiger partial charge is 0.257 e. The molecular formula is C12H20N4O2S. The molecule has 1 aromatic rings. The molecule has 0 bridgehead atoms. The first-order valence-electron chi connectivity index (χ1n) is 6.74. The third kappa shape index (κ3) is 2.54. The molecule has 3 N–H and O–H groups in total. The SMILES string of the molecule is CNCc1cn[nH]c1S(=O)(=O)NCC1(C2CC2)CC1. The molecule has 0 saturated heterocycles. The highest BCUT2D eigenvalue weighted by Crippen LogP contribution is 2.60. The van der Waals surface area contributed by atoms with E-state index in [9.17, 15) is 8.42 Å². The number of nitrogens with zero attached hydrogens (tertiary/aromatic N) is 1. The van der Waals surface area contributed by atoms with Crippen LogP contribution in [0.1, 0.15) is 31.2 Å². The van der Waals surface area contributed by atoms with Gasteiger partial charge in [0.2, 0.25) is 0 Å². The summed E-state index contributed by atoms with van der Waals surface area (Å²) in [5.74, 6) is 0.744. The molecular weight excluding hydrogens is 264 g/mol. The standard InChI is InChI=1S/C12H20N4O2S/c1-13-6-9-7-14-16-11(9)19(17,18)15-8-12(4-5-12)10-2-3-10/h7,10,13,15H,2-6,8H2,1H3,(H,14,16). The molecule has 0 amide bonds. The second-order valence-electron chi connectivity index (χ2n) is 5.72. The molecule has 2 fully saturated rings. The molecule has 2 aliphatic carbocycles. The molecule has 0 unspecified atom stereocenters.